The van der Waals surface area contributed by atoms with E-state index in [1.165, 1.54) is 0 Å². The molecular formula is C4H10OPS2-. The molecule has 0 amide bonds. The first-order chi connectivity index (χ1) is 3.56. The minimum atomic E-state index is -1.77. The van der Waals surface area contributed by atoms with Gasteiger partial charge in [-0.1, -0.05) is 24.2 Å². The summed E-state index contributed by atoms with van der Waals surface area (Å²) in [7, 11) is 0. The maximum atomic E-state index is 5.12. The molecule has 0 radical (unpaired) electrons. The van der Waals surface area contributed by atoms with E-state index in [0.717, 1.165) is 13.0 Å². The molecule has 0 aliphatic carbocycles. The van der Waals surface area contributed by atoms with Gasteiger partial charge in [0.05, 0.1) is 0 Å². The van der Waals surface area contributed by atoms with Crippen molar-refractivity contribution in [2.75, 3.05) is 13.3 Å². The van der Waals surface area contributed by atoms with Crippen molar-refractivity contribution < 1.29 is 4.52 Å². The Morgan fingerprint density at radius 2 is 2.25 bits per heavy atom. The molecule has 0 spiro atoms. The van der Waals surface area contributed by atoms with Gasteiger partial charge in [-0.2, -0.15) is 0 Å². The van der Waals surface area contributed by atoms with E-state index in [2.05, 4.69) is 0 Å². The van der Waals surface area contributed by atoms with Gasteiger partial charge < -0.3 is 16.8 Å². The lowest BCUT2D eigenvalue weighted by atomic mass is 10.5. The molecular weight excluding hydrogens is 159 g/mol. The van der Waals surface area contributed by atoms with Gasteiger partial charge in [0.25, 0.3) is 0 Å². The number of hydrogen-bond donors (Lipinski definition) is 0. The molecule has 8 heavy (non-hydrogen) atoms. The maximum absolute atomic E-state index is 5.12. The smallest absolute Gasteiger partial charge is 0.0490 e. The second kappa shape index (κ2) is 3.89. The van der Waals surface area contributed by atoms with Gasteiger partial charge in [-0.25, -0.2) is 0 Å². The van der Waals surface area contributed by atoms with E-state index >= 15 is 0 Å². The summed E-state index contributed by atoms with van der Waals surface area (Å²) in [5.41, 5.74) is -1.77. The Balaban J connectivity index is 3.26. The molecule has 0 aliphatic heterocycles. The number of rotatable bonds is 3. The molecule has 0 aliphatic rings. The fourth-order valence-electron chi connectivity index (χ4n) is 0.257. The first-order valence-electron chi connectivity index (χ1n) is 2.49. The average Bonchev–Trinajstić information content (AvgIpc) is 1.59. The van der Waals surface area contributed by atoms with Crippen LogP contribution in [-0.2, 0) is 28.6 Å². The third-order valence-corrected chi connectivity index (χ3v) is 1.81. The number of hydrogen-bond acceptors (Lipinski definition) is 3. The molecule has 1 nitrogen and oxygen atoms in total. The predicted octanol–water partition coefficient (Wildman–Crippen LogP) is 1.90. The summed E-state index contributed by atoms with van der Waals surface area (Å²) in [6, 6.07) is 0. The van der Waals surface area contributed by atoms with Crippen molar-refractivity contribution in [1.29, 1.82) is 0 Å². The van der Waals surface area contributed by atoms with Crippen LogP contribution in [0, 0.1) is 0 Å². The van der Waals surface area contributed by atoms with Crippen molar-refractivity contribution in [3.8, 4) is 0 Å². The molecule has 0 fully saturated rings. The minimum absolute atomic E-state index is 0.720. The van der Waals surface area contributed by atoms with Crippen LogP contribution in [0.1, 0.15) is 13.3 Å². The Morgan fingerprint density at radius 3 is 2.38 bits per heavy atom. The second-order valence-electron chi connectivity index (χ2n) is 1.60. The van der Waals surface area contributed by atoms with Gasteiger partial charge in [-0.05, 0) is 13.1 Å². The summed E-state index contributed by atoms with van der Waals surface area (Å²) in [6.07, 6.45) is 1.00. The highest BCUT2D eigenvalue weighted by molar-refractivity contribution is 8.53. The largest absolute Gasteiger partial charge is 0.720 e. The summed E-state index contributed by atoms with van der Waals surface area (Å²) < 4.78 is 5.12. The van der Waals surface area contributed by atoms with Crippen LogP contribution in [0.25, 0.3) is 0 Å². The van der Waals surface area contributed by atoms with Crippen molar-refractivity contribution in [1.82, 2.24) is 0 Å². The van der Waals surface area contributed by atoms with Crippen molar-refractivity contribution in [3.63, 3.8) is 0 Å². The fraction of sp³-hybridized carbons (Fsp3) is 1.00. The maximum Gasteiger partial charge on any atom is 0.0490 e. The fourth-order valence-corrected chi connectivity index (χ4v) is 1.22. The Morgan fingerprint density at radius 1 is 1.75 bits per heavy atom. The van der Waals surface area contributed by atoms with E-state index in [9.17, 15) is 0 Å². The van der Waals surface area contributed by atoms with Crippen LogP contribution in [0.3, 0.4) is 0 Å². The summed E-state index contributed by atoms with van der Waals surface area (Å²) in [4.78, 5) is 0. The van der Waals surface area contributed by atoms with Crippen LogP contribution in [0.4, 0.5) is 0 Å². The monoisotopic (exact) mass is 169 g/mol. The first kappa shape index (κ1) is 8.96. The van der Waals surface area contributed by atoms with Crippen LogP contribution in [0.5, 0.6) is 0 Å². The van der Waals surface area contributed by atoms with Crippen LogP contribution in [0.2, 0.25) is 0 Å². The first-order valence-corrected chi connectivity index (χ1v) is 6.67. The van der Waals surface area contributed by atoms with Gasteiger partial charge in [0.15, 0.2) is 0 Å². The zero-order valence-corrected chi connectivity index (χ0v) is 7.61. The lowest BCUT2D eigenvalue weighted by Crippen LogP contribution is -1.85. The summed E-state index contributed by atoms with van der Waals surface area (Å²) in [6.45, 7) is 4.57. The summed E-state index contributed by atoms with van der Waals surface area (Å²) in [5, 5.41) is 0. The van der Waals surface area contributed by atoms with E-state index in [0.29, 0.717) is 0 Å². The summed E-state index contributed by atoms with van der Waals surface area (Å²) >= 11 is 9.71. The van der Waals surface area contributed by atoms with E-state index in [1.807, 2.05) is 13.6 Å². The molecule has 0 N–H and O–H groups in total. The molecule has 50 valence electrons. The molecule has 0 aromatic rings. The third-order valence-electron chi connectivity index (χ3n) is 0.530. The van der Waals surface area contributed by atoms with Crippen LogP contribution < -0.4 is 0 Å². The lowest BCUT2D eigenvalue weighted by molar-refractivity contribution is 0.360. The highest BCUT2D eigenvalue weighted by Gasteiger charge is 1.87. The highest BCUT2D eigenvalue weighted by atomic mass is 32.9. The molecule has 0 aromatic carbocycles. The van der Waals surface area contributed by atoms with Gasteiger partial charge in [0, 0.05) is 6.61 Å². The molecule has 0 bridgehead atoms. The van der Waals surface area contributed by atoms with Gasteiger partial charge in [0.1, 0.15) is 0 Å². The second-order valence-corrected chi connectivity index (χ2v) is 8.28. The predicted molar refractivity (Wildman–Crippen MR) is 43.8 cm³/mol. The van der Waals surface area contributed by atoms with Crippen LogP contribution in [-0.4, -0.2) is 13.3 Å². The Kier molecular flexibility index (Phi) is 4.35. The van der Waals surface area contributed by atoms with E-state index in [4.69, 9.17) is 28.6 Å². The summed E-state index contributed by atoms with van der Waals surface area (Å²) in [5.74, 6) is 0. The molecule has 1 unspecified atom stereocenters. The van der Waals surface area contributed by atoms with E-state index < -0.39 is 5.47 Å². The topological polar surface area (TPSA) is 9.23 Å². The zero-order chi connectivity index (χ0) is 6.62. The third kappa shape index (κ3) is 6.96. The highest BCUT2D eigenvalue weighted by Crippen LogP contribution is 2.39. The van der Waals surface area contributed by atoms with Crippen molar-refractivity contribution in [2.24, 2.45) is 0 Å². The van der Waals surface area contributed by atoms with Gasteiger partial charge >= 0.3 is 0 Å². The van der Waals surface area contributed by atoms with Crippen molar-refractivity contribution >= 4 is 29.5 Å². The molecule has 0 saturated carbocycles. The molecule has 0 rings (SSSR count). The van der Waals surface area contributed by atoms with Gasteiger partial charge in [0.2, 0.25) is 0 Å². The van der Waals surface area contributed by atoms with E-state index in [1.54, 1.807) is 0 Å². The molecule has 4 heteroatoms. The Bertz CT molecular complexity index is 98.2. The van der Waals surface area contributed by atoms with Crippen LogP contribution in [0.15, 0.2) is 0 Å². The quantitative estimate of drug-likeness (QED) is 0.471. The SMILES string of the molecule is CCCOP(C)(=S)[S-]. The van der Waals surface area contributed by atoms with Gasteiger partial charge in [-0.15, -0.1) is 0 Å². The Hall–Kier alpha value is 0.960. The molecule has 0 saturated heterocycles. The standard InChI is InChI=1S/C4H11OPS2/c1-3-4-5-6(2,7)8/h3-4H2,1-2H3,(H,7,8)/p-1. The average molecular weight is 169 g/mol. The van der Waals surface area contributed by atoms with Crippen LogP contribution >= 0.6 is 5.47 Å². The Labute approximate surface area is 61.1 Å². The minimum Gasteiger partial charge on any atom is -0.720 e. The van der Waals surface area contributed by atoms with Gasteiger partial charge in [-0.3, -0.25) is 0 Å². The van der Waals surface area contributed by atoms with Crippen molar-refractivity contribution in [2.45, 2.75) is 13.3 Å². The zero-order valence-electron chi connectivity index (χ0n) is 5.09. The molecule has 1 atom stereocenters. The molecule has 0 heterocycles. The molecule has 0 aromatic heterocycles. The normalized spacial score (nSPS) is 17.9. The van der Waals surface area contributed by atoms with E-state index in [-0.39, 0.29) is 0 Å². The lowest BCUT2D eigenvalue weighted by Gasteiger charge is -2.22. The van der Waals surface area contributed by atoms with Crippen molar-refractivity contribution in [3.05, 3.63) is 0 Å².